The highest BCUT2D eigenvalue weighted by molar-refractivity contribution is 6.07. The van der Waals surface area contributed by atoms with E-state index in [0.717, 1.165) is 30.4 Å². The van der Waals surface area contributed by atoms with E-state index < -0.39 is 17.5 Å². The van der Waals surface area contributed by atoms with Crippen molar-refractivity contribution in [1.29, 1.82) is 0 Å². The van der Waals surface area contributed by atoms with E-state index in [0.29, 0.717) is 6.54 Å². The van der Waals surface area contributed by atoms with Crippen molar-refractivity contribution in [3.05, 3.63) is 47.5 Å². The molecular weight excluding hydrogens is 271 g/mol. The van der Waals surface area contributed by atoms with E-state index in [2.05, 4.69) is 0 Å². The molecule has 1 rings (SSSR count). The molecule has 0 aliphatic heterocycles. The minimum Gasteiger partial charge on any atom is -0.343 e. The second-order valence-corrected chi connectivity index (χ2v) is 4.13. The van der Waals surface area contributed by atoms with Crippen LogP contribution in [0.15, 0.2) is 36.4 Å². The van der Waals surface area contributed by atoms with Crippen molar-refractivity contribution in [2.75, 3.05) is 13.6 Å². The van der Waals surface area contributed by atoms with E-state index in [1.165, 1.54) is 11.0 Å². The summed E-state index contributed by atoms with van der Waals surface area (Å²) in [6.45, 7) is 2.24. The number of carbonyl (C=O) groups is 2. The number of alkyl halides is 3. The van der Waals surface area contributed by atoms with Crippen LogP contribution >= 0.6 is 0 Å². The summed E-state index contributed by atoms with van der Waals surface area (Å²) in [5.74, 6) is -1.03. The highest BCUT2D eigenvalue weighted by Crippen LogP contribution is 2.29. The van der Waals surface area contributed by atoms with Gasteiger partial charge in [-0.2, -0.15) is 13.2 Å². The third-order valence-electron chi connectivity index (χ3n) is 2.70. The monoisotopic (exact) mass is 285 g/mol. The van der Waals surface area contributed by atoms with Gasteiger partial charge in [0.15, 0.2) is 5.78 Å². The average Bonchev–Trinajstić information content (AvgIpc) is 2.42. The van der Waals surface area contributed by atoms with Gasteiger partial charge >= 0.3 is 6.18 Å². The molecular formula is C14H14F3NO2. The number of nitrogens with zero attached hydrogens (tertiary/aromatic N) is 1. The molecule has 0 radical (unpaired) electrons. The fourth-order valence-corrected chi connectivity index (χ4v) is 1.38. The van der Waals surface area contributed by atoms with Crippen molar-refractivity contribution in [1.82, 2.24) is 4.90 Å². The largest absolute Gasteiger partial charge is 0.416 e. The van der Waals surface area contributed by atoms with Gasteiger partial charge in [0, 0.05) is 25.2 Å². The Kier molecular flexibility index (Phi) is 5.07. The van der Waals surface area contributed by atoms with Crippen LogP contribution in [0.2, 0.25) is 0 Å². The van der Waals surface area contributed by atoms with Crippen molar-refractivity contribution >= 4 is 11.7 Å². The average molecular weight is 285 g/mol. The zero-order chi connectivity index (χ0) is 15.3. The van der Waals surface area contributed by atoms with Crippen LogP contribution in [0.4, 0.5) is 13.2 Å². The van der Waals surface area contributed by atoms with Gasteiger partial charge in [-0.15, -0.1) is 0 Å². The van der Waals surface area contributed by atoms with Gasteiger partial charge in [-0.3, -0.25) is 9.59 Å². The highest BCUT2D eigenvalue weighted by atomic mass is 19.4. The molecule has 0 saturated carbocycles. The smallest absolute Gasteiger partial charge is 0.343 e. The number of hydrogen-bond acceptors (Lipinski definition) is 2. The summed E-state index contributed by atoms with van der Waals surface area (Å²) < 4.78 is 37.5. The number of likely N-dealkylation sites (N-methyl/N-ethyl adjacent to an activating group) is 1. The Labute approximate surface area is 114 Å². The molecule has 108 valence electrons. The molecule has 1 aromatic rings. The Balaban J connectivity index is 2.89. The minimum atomic E-state index is -4.50. The van der Waals surface area contributed by atoms with E-state index in [4.69, 9.17) is 0 Å². The zero-order valence-electron chi connectivity index (χ0n) is 11.1. The molecule has 0 atom stereocenters. The Bertz CT molecular complexity index is 535. The van der Waals surface area contributed by atoms with Crippen LogP contribution in [-0.4, -0.2) is 30.2 Å². The fraction of sp³-hybridized carbons (Fsp3) is 0.286. The summed E-state index contributed by atoms with van der Waals surface area (Å²) in [7, 11) is 1.56. The van der Waals surface area contributed by atoms with Gasteiger partial charge in [0.25, 0.3) is 0 Å². The molecule has 1 amide bonds. The number of benzene rings is 1. The van der Waals surface area contributed by atoms with Crippen molar-refractivity contribution in [2.24, 2.45) is 0 Å². The SMILES string of the molecule is CCN(C)C(=O)/C=C/C(=O)c1cccc(C(F)(F)F)c1. The Morgan fingerprint density at radius 3 is 2.45 bits per heavy atom. The van der Waals surface area contributed by atoms with Crippen molar-refractivity contribution in [3.63, 3.8) is 0 Å². The first-order valence-electron chi connectivity index (χ1n) is 5.90. The van der Waals surface area contributed by atoms with E-state index in [9.17, 15) is 22.8 Å². The zero-order valence-corrected chi connectivity index (χ0v) is 11.1. The van der Waals surface area contributed by atoms with E-state index >= 15 is 0 Å². The molecule has 0 fully saturated rings. The number of hydrogen-bond donors (Lipinski definition) is 0. The maximum Gasteiger partial charge on any atom is 0.416 e. The van der Waals surface area contributed by atoms with Crippen molar-refractivity contribution in [3.8, 4) is 0 Å². The molecule has 0 aliphatic rings. The number of allylic oxidation sites excluding steroid dienone is 1. The number of amides is 1. The second-order valence-electron chi connectivity index (χ2n) is 4.13. The summed E-state index contributed by atoms with van der Waals surface area (Å²) in [4.78, 5) is 24.5. The lowest BCUT2D eigenvalue weighted by Gasteiger charge is -2.10. The molecule has 0 N–H and O–H groups in total. The van der Waals surface area contributed by atoms with Crippen LogP contribution in [0.5, 0.6) is 0 Å². The van der Waals surface area contributed by atoms with Crippen molar-refractivity contribution in [2.45, 2.75) is 13.1 Å². The molecule has 0 unspecified atom stereocenters. The number of ketones is 1. The summed E-state index contributed by atoms with van der Waals surface area (Å²) in [6.07, 6.45) is -2.48. The van der Waals surface area contributed by atoms with Gasteiger partial charge in [0.1, 0.15) is 0 Å². The molecule has 1 aromatic carbocycles. The minimum absolute atomic E-state index is 0.108. The maximum atomic E-state index is 12.5. The van der Waals surface area contributed by atoms with Gasteiger partial charge in [0.2, 0.25) is 5.91 Å². The lowest BCUT2D eigenvalue weighted by atomic mass is 10.1. The van der Waals surface area contributed by atoms with Crippen LogP contribution in [0, 0.1) is 0 Å². The molecule has 0 saturated heterocycles. The number of rotatable bonds is 4. The number of carbonyl (C=O) groups excluding carboxylic acids is 2. The first-order chi connectivity index (χ1) is 9.25. The topological polar surface area (TPSA) is 37.4 Å². The quantitative estimate of drug-likeness (QED) is 0.630. The van der Waals surface area contributed by atoms with Gasteiger partial charge in [-0.25, -0.2) is 0 Å². The van der Waals surface area contributed by atoms with E-state index in [-0.39, 0.29) is 11.5 Å². The van der Waals surface area contributed by atoms with Gasteiger partial charge in [0.05, 0.1) is 5.56 Å². The molecule has 0 bridgehead atoms. The van der Waals surface area contributed by atoms with Crippen LogP contribution in [0.1, 0.15) is 22.8 Å². The molecule has 0 heterocycles. The molecule has 0 aliphatic carbocycles. The van der Waals surface area contributed by atoms with Crippen LogP contribution in [0.3, 0.4) is 0 Å². The first-order valence-corrected chi connectivity index (χ1v) is 5.90. The lowest BCUT2D eigenvalue weighted by molar-refractivity contribution is -0.137. The number of halogens is 3. The van der Waals surface area contributed by atoms with Gasteiger partial charge in [-0.05, 0) is 25.1 Å². The van der Waals surface area contributed by atoms with Crippen molar-refractivity contribution < 1.29 is 22.8 Å². The second kappa shape index (κ2) is 6.36. The van der Waals surface area contributed by atoms with E-state index in [1.807, 2.05) is 0 Å². The van der Waals surface area contributed by atoms with Gasteiger partial charge < -0.3 is 4.90 Å². The molecule has 6 heteroatoms. The maximum absolute atomic E-state index is 12.5. The predicted octanol–water partition coefficient (Wildman–Crippen LogP) is 2.92. The standard InChI is InChI=1S/C14H14F3NO2/c1-3-18(2)13(20)8-7-12(19)10-5-4-6-11(9-10)14(15,16)17/h4-9H,3H2,1-2H3/b8-7+. The van der Waals surface area contributed by atoms with Crippen LogP contribution in [-0.2, 0) is 11.0 Å². The highest BCUT2D eigenvalue weighted by Gasteiger charge is 2.30. The first kappa shape index (κ1) is 15.9. The van der Waals surface area contributed by atoms with E-state index in [1.54, 1.807) is 14.0 Å². The molecule has 3 nitrogen and oxygen atoms in total. The van der Waals surface area contributed by atoms with Crippen LogP contribution < -0.4 is 0 Å². The fourth-order valence-electron chi connectivity index (χ4n) is 1.38. The third kappa shape index (κ3) is 4.22. The Morgan fingerprint density at radius 1 is 1.25 bits per heavy atom. The molecule has 0 aromatic heterocycles. The summed E-state index contributed by atoms with van der Waals surface area (Å²) in [5, 5.41) is 0. The summed E-state index contributed by atoms with van der Waals surface area (Å²) in [6, 6.07) is 4.08. The van der Waals surface area contributed by atoms with Gasteiger partial charge in [-0.1, -0.05) is 12.1 Å². The summed E-state index contributed by atoms with van der Waals surface area (Å²) in [5.41, 5.74) is -1.00. The van der Waals surface area contributed by atoms with Crippen LogP contribution in [0.25, 0.3) is 0 Å². The Hall–Kier alpha value is -2.11. The predicted molar refractivity (Wildman–Crippen MR) is 68.2 cm³/mol. The molecule has 20 heavy (non-hydrogen) atoms. The summed E-state index contributed by atoms with van der Waals surface area (Å²) >= 11 is 0. The molecule has 0 spiro atoms. The Morgan fingerprint density at radius 2 is 1.90 bits per heavy atom. The normalized spacial score (nSPS) is 11.7. The third-order valence-corrected chi connectivity index (χ3v) is 2.70. The lowest BCUT2D eigenvalue weighted by Crippen LogP contribution is -2.24.